The molecule has 1 atom stereocenters. The van der Waals surface area contributed by atoms with E-state index >= 15 is 0 Å². The van der Waals surface area contributed by atoms with Crippen LogP contribution in [0.2, 0.25) is 0 Å². The van der Waals surface area contributed by atoms with Gasteiger partial charge in [0.1, 0.15) is 13.1 Å². The van der Waals surface area contributed by atoms with E-state index in [0.29, 0.717) is 19.6 Å². The van der Waals surface area contributed by atoms with Crippen LogP contribution in [0.4, 0.5) is 0 Å². The van der Waals surface area contributed by atoms with Gasteiger partial charge in [-0.05, 0) is 14.1 Å². The topological polar surface area (TPSA) is 83.6 Å². The first-order valence-electron chi connectivity index (χ1n) is 7.07. The lowest BCUT2D eigenvalue weighted by molar-refractivity contribution is -0.130. The van der Waals surface area contributed by atoms with Crippen molar-refractivity contribution in [2.75, 3.05) is 60.0 Å². The second kappa shape index (κ2) is 9.30. The molecule has 0 aromatic rings. The summed E-state index contributed by atoms with van der Waals surface area (Å²) in [5, 5.41) is 17.3. The maximum absolute atomic E-state index is 12.0. The average molecular weight is 293 g/mol. The van der Waals surface area contributed by atoms with E-state index in [4.69, 9.17) is 15.3 Å². The minimum absolute atomic E-state index is 0.0290. The van der Waals surface area contributed by atoms with Crippen LogP contribution in [-0.2, 0) is 9.53 Å². The van der Waals surface area contributed by atoms with Crippen LogP contribution in [0.3, 0.4) is 0 Å². The molecule has 1 aliphatic heterocycles. The van der Waals surface area contributed by atoms with E-state index in [1.807, 2.05) is 26.2 Å². The van der Waals surface area contributed by atoms with Crippen molar-refractivity contribution in [2.24, 2.45) is 0 Å². The Morgan fingerprint density at radius 1 is 1.33 bits per heavy atom. The highest BCUT2D eigenvalue weighted by molar-refractivity contribution is 5.76. The number of morpholine rings is 1. The van der Waals surface area contributed by atoms with E-state index in [1.165, 1.54) is 4.90 Å². The fourth-order valence-corrected chi connectivity index (χ4v) is 2.32. The van der Waals surface area contributed by atoms with Crippen molar-refractivity contribution in [1.29, 1.82) is 10.5 Å². The van der Waals surface area contributed by atoms with E-state index in [9.17, 15) is 4.79 Å². The Labute approximate surface area is 126 Å². The van der Waals surface area contributed by atoms with Gasteiger partial charge in [0.25, 0.3) is 0 Å². The Balaban J connectivity index is 2.38. The molecule has 1 aliphatic rings. The number of carbonyl (C=O) groups excluding carboxylic acids is 1. The molecule has 7 nitrogen and oxygen atoms in total. The molecule has 1 heterocycles. The number of amides is 1. The highest BCUT2D eigenvalue weighted by Gasteiger charge is 2.22. The van der Waals surface area contributed by atoms with Gasteiger partial charge >= 0.3 is 0 Å². The van der Waals surface area contributed by atoms with Gasteiger partial charge in [-0.25, -0.2) is 0 Å². The minimum atomic E-state index is -0.145. The van der Waals surface area contributed by atoms with Crippen molar-refractivity contribution in [3.63, 3.8) is 0 Å². The molecule has 1 saturated heterocycles. The van der Waals surface area contributed by atoms with E-state index in [0.717, 1.165) is 19.6 Å². The maximum atomic E-state index is 12.0. The van der Waals surface area contributed by atoms with Crippen LogP contribution in [0.1, 0.15) is 6.42 Å². The third kappa shape index (κ3) is 6.54. The van der Waals surface area contributed by atoms with Crippen LogP contribution in [-0.4, -0.2) is 86.7 Å². The van der Waals surface area contributed by atoms with Crippen molar-refractivity contribution < 1.29 is 9.53 Å². The molecular formula is C14H23N5O2. The summed E-state index contributed by atoms with van der Waals surface area (Å²) in [6.07, 6.45) is 0.496. The molecule has 0 radical (unpaired) electrons. The lowest BCUT2D eigenvalue weighted by atomic mass is 10.2. The molecule has 0 aromatic heterocycles. The number of hydrogen-bond acceptors (Lipinski definition) is 6. The quantitative estimate of drug-likeness (QED) is 0.589. The zero-order chi connectivity index (χ0) is 15.7. The molecule has 0 aliphatic carbocycles. The van der Waals surface area contributed by atoms with Crippen molar-refractivity contribution in [2.45, 2.75) is 12.5 Å². The van der Waals surface area contributed by atoms with Crippen LogP contribution >= 0.6 is 0 Å². The monoisotopic (exact) mass is 293 g/mol. The molecular weight excluding hydrogens is 270 g/mol. The average Bonchev–Trinajstić information content (AvgIpc) is 2.44. The first-order valence-corrected chi connectivity index (χ1v) is 7.07. The van der Waals surface area contributed by atoms with Gasteiger partial charge in [-0.15, -0.1) is 0 Å². The third-order valence-electron chi connectivity index (χ3n) is 3.31. The highest BCUT2D eigenvalue weighted by atomic mass is 16.5. The Kier molecular flexibility index (Phi) is 7.70. The van der Waals surface area contributed by atoms with Gasteiger partial charge in [0, 0.05) is 32.6 Å². The largest absolute Gasteiger partial charge is 0.374 e. The fourth-order valence-electron chi connectivity index (χ4n) is 2.32. The molecule has 0 N–H and O–H groups in total. The SMILES string of the molecule is CN(C)C[C@H]1CN(CCC(=O)N(CC#N)CC#N)CCO1. The summed E-state index contributed by atoms with van der Waals surface area (Å²) >= 11 is 0. The second-order valence-corrected chi connectivity index (χ2v) is 5.37. The molecule has 21 heavy (non-hydrogen) atoms. The summed E-state index contributed by atoms with van der Waals surface area (Å²) in [4.78, 5) is 17.6. The van der Waals surface area contributed by atoms with E-state index in [1.54, 1.807) is 0 Å². The first-order chi connectivity index (χ1) is 10.1. The van der Waals surface area contributed by atoms with E-state index in [-0.39, 0.29) is 25.1 Å². The molecule has 0 spiro atoms. The standard InChI is InChI=1S/C14H23N5O2/c1-17(2)11-13-12-18(9-10-21-13)6-3-14(20)19(7-4-15)8-5-16/h13H,3,6-12H2,1-2H3/t13-/m0/s1. The van der Waals surface area contributed by atoms with Crippen LogP contribution in [0, 0.1) is 22.7 Å². The lowest BCUT2D eigenvalue weighted by Crippen LogP contribution is -2.47. The van der Waals surface area contributed by atoms with E-state index in [2.05, 4.69) is 9.80 Å². The second-order valence-electron chi connectivity index (χ2n) is 5.37. The number of rotatable bonds is 7. The van der Waals surface area contributed by atoms with Gasteiger partial charge in [0.15, 0.2) is 0 Å². The summed E-state index contributed by atoms with van der Waals surface area (Å²) in [7, 11) is 4.01. The smallest absolute Gasteiger partial charge is 0.225 e. The minimum Gasteiger partial charge on any atom is -0.374 e. The zero-order valence-corrected chi connectivity index (χ0v) is 12.8. The molecule has 1 amide bonds. The van der Waals surface area contributed by atoms with Gasteiger partial charge in [-0.3, -0.25) is 9.69 Å². The molecule has 0 unspecified atom stereocenters. The third-order valence-corrected chi connectivity index (χ3v) is 3.31. The van der Waals surface area contributed by atoms with Gasteiger partial charge < -0.3 is 14.5 Å². The summed E-state index contributed by atoms with van der Waals surface area (Å²) in [6, 6.07) is 3.83. The van der Waals surface area contributed by atoms with Crippen LogP contribution in [0.25, 0.3) is 0 Å². The Bertz CT molecular complexity index is 397. The van der Waals surface area contributed by atoms with Crippen LogP contribution in [0.15, 0.2) is 0 Å². The lowest BCUT2D eigenvalue weighted by Gasteiger charge is -2.34. The van der Waals surface area contributed by atoms with Crippen LogP contribution in [0.5, 0.6) is 0 Å². The van der Waals surface area contributed by atoms with Crippen molar-refractivity contribution >= 4 is 5.91 Å². The number of carbonyl (C=O) groups is 1. The van der Waals surface area contributed by atoms with E-state index < -0.39 is 0 Å². The van der Waals surface area contributed by atoms with Gasteiger partial charge in [0.2, 0.25) is 5.91 Å². The predicted molar refractivity (Wildman–Crippen MR) is 77.2 cm³/mol. The Hall–Kier alpha value is -1.67. The molecule has 7 heteroatoms. The first kappa shape index (κ1) is 17.4. The Morgan fingerprint density at radius 3 is 2.57 bits per heavy atom. The van der Waals surface area contributed by atoms with Gasteiger partial charge in [-0.2, -0.15) is 10.5 Å². The number of nitriles is 2. The van der Waals surface area contributed by atoms with Gasteiger partial charge in [-0.1, -0.05) is 0 Å². The van der Waals surface area contributed by atoms with Gasteiger partial charge in [0.05, 0.1) is 24.8 Å². The fraction of sp³-hybridized carbons (Fsp3) is 0.786. The highest BCUT2D eigenvalue weighted by Crippen LogP contribution is 2.07. The van der Waals surface area contributed by atoms with Crippen LogP contribution < -0.4 is 0 Å². The maximum Gasteiger partial charge on any atom is 0.225 e. The molecule has 0 saturated carbocycles. The molecule has 116 valence electrons. The normalized spacial score (nSPS) is 19.0. The zero-order valence-electron chi connectivity index (χ0n) is 12.8. The molecule has 1 rings (SSSR count). The van der Waals surface area contributed by atoms with Crippen molar-refractivity contribution in [3.8, 4) is 12.1 Å². The van der Waals surface area contributed by atoms with Crippen molar-refractivity contribution in [3.05, 3.63) is 0 Å². The Morgan fingerprint density at radius 2 is 2.00 bits per heavy atom. The molecule has 0 bridgehead atoms. The summed E-state index contributed by atoms with van der Waals surface area (Å²) in [5.74, 6) is -0.145. The predicted octanol–water partition coefficient (Wildman–Crippen LogP) is -0.485. The number of ether oxygens (including phenoxy) is 1. The molecule has 1 fully saturated rings. The van der Waals surface area contributed by atoms with Crippen molar-refractivity contribution in [1.82, 2.24) is 14.7 Å². The summed E-state index contributed by atoms with van der Waals surface area (Å²) in [6.45, 7) is 3.74. The number of hydrogen-bond donors (Lipinski definition) is 0. The molecule has 0 aromatic carbocycles. The number of nitrogens with zero attached hydrogens (tertiary/aromatic N) is 5. The summed E-state index contributed by atoms with van der Waals surface area (Å²) in [5.41, 5.74) is 0. The summed E-state index contributed by atoms with van der Waals surface area (Å²) < 4.78 is 5.69. The number of likely N-dealkylation sites (N-methyl/N-ethyl adjacent to an activating group) is 1.